The van der Waals surface area contributed by atoms with Gasteiger partial charge in [0.2, 0.25) is 0 Å². The van der Waals surface area contributed by atoms with Gasteiger partial charge in [-0.2, -0.15) is 0 Å². The van der Waals surface area contributed by atoms with Gasteiger partial charge in [0.25, 0.3) is 0 Å². The third-order valence-corrected chi connectivity index (χ3v) is 9.52. The van der Waals surface area contributed by atoms with Crippen molar-refractivity contribution in [2.24, 2.45) is 11.3 Å². The van der Waals surface area contributed by atoms with E-state index in [1.165, 1.54) is 103 Å². The van der Waals surface area contributed by atoms with Gasteiger partial charge in [-0.15, -0.1) is 0 Å². The molecule has 34 heavy (non-hydrogen) atoms. The molecule has 190 valence electrons. The molecule has 2 saturated carbocycles. The Balaban J connectivity index is 1.32. The highest BCUT2D eigenvalue weighted by molar-refractivity contribution is 5.63. The quantitative estimate of drug-likeness (QED) is 0.489. The Morgan fingerprint density at radius 1 is 0.853 bits per heavy atom. The molecule has 0 radical (unpaired) electrons. The lowest BCUT2D eigenvalue weighted by atomic mass is 9.62. The number of ether oxygens (including phenoxy) is 1. The van der Waals surface area contributed by atoms with Crippen molar-refractivity contribution in [3.63, 3.8) is 0 Å². The molecule has 0 aromatic heterocycles. The molecule has 4 aliphatic rings. The van der Waals surface area contributed by atoms with Crippen molar-refractivity contribution in [2.45, 2.75) is 84.0 Å². The Kier molecular flexibility index (Phi) is 8.05. The predicted octanol–water partition coefficient (Wildman–Crippen LogP) is 6.30. The van der Waals surface area contributed by atoms with E-state index < -0.39 is 0 Å². The molecule has 0 unspecified atom stereocenters. The second-order valence-electron chi connectivity index (χ2n) is 12.2. The van der Waals surface area contributed by atoms with Crippen LogP contribution in [-0.4, -0.2) is 63.9 Å². The second-order valence-corrected chi connectivity index (χ2v) is 12.2. The molecule has 0 N–H and O–H groups in total. The Labute approximate surface area is 209 Å². The van der Waals surface area contributed by atoms with Gasteiger partial charge in [-0.25, -0.2) is 0 Å². The maximum absolute atomic E-state index is 5.64. The van der Waals surface area contributed by atoms with Crippen LogP contribution < -0.4 is 9.80 Å². The molecule has 1 spiro atoms. The number of rotatable bonds is 6. The minimum absolute atomic E-state index is 0.693. The second kappa shape index (κ2) is 11.2. The summed E-state index contributed by atoms with van der Waals surface area (Å²) in [6.07, 6.45) is 14.5. The molecule has 1 aromatic rings. The average Bonchev–Trinajstić information content (AvgIpc) is 2.89. The minimum Gasteiger partial charge on any atom is -0.378 e. The highest BCUT2D eigenvalue weighted by Gasteiger charge is 2.37. The van der Waals surface area contributed by atoms with Crippen LogP contribution in [-0.2, 0) is 4.74 Å². The molecule has 5 rings (SSSR count). The van der Waals surface area contributed by atoms with E-state index in [0.29, 0.717) is 5.41 Å². The van der Waals surface area contributed by atoms with Crippen LogP contribution in [0.1, 0.15) is 89.5 Å². The van der Waals surface area contributed by atoms with Crippen molar-refractivity contribution < 1.29 is 4.74 Å². The lowest BCUT2D eigenvalue weighted by molar-refractivity contribution is 0.114. The molecule has 0 atom stereocenters. The Morgan fingerprint density at radius 2 is 1.56 bits per heavy atom. The lowest BCUT2D eigenvalue weighted by Gasteiger charge is -2.44. The maximum Gasteiger partial charge on any atom is 0.0642 e. The van der Waals surface area contributed by atoms with E-state index in [2.05, 4.69) is 46.7 Å². The van der Waals surface area contributed by atoms with E-state index in [0.717, 1.165) is 38.1 Å². The zero-order chi connectivity index (χ0) is 23.4. The number of benzene rings is 1. The van der Waals surface area contributed by atoms with E-state index in [9.17, 15) is 0 Å². The van der Waals surface area contributed by atoms with Crippen molar-refractivity contribution in [3.8, 4) is 0 Å². The van der Waals surface area contributed by atoms with Crippen LogP contribution >= 0.6 is 0 Å². The molecule has 1 aromatic carbocycles. The normalized spacial score (nSPS) is 24.8. The summed E-state index contributed by atoms with van der Waals surface area (Å²) in [5, 5.41) is 0. The average molecular weight is 468 g/mol. The van der Waals surface area contributed by atoms with Crippen molar-refractivity contribution in [1.29, 1.82) is 0 Å². The van der Waals surface area contributed by atoms with Gasteiger partial charge in [0.15, 0.2) is 0 Å². The summed E-state index contributed by atoms with van der Waals surface area (Å²) in [7, 11) is 0. The molecule has 2 aliphatic heterocycles. The fourth-order valence-electron chi connectivity index (χ4n) is 7.17. The van der Waals surface area contributed by atoms with Crippen LogP contribution in [0, 0.1) is 11.3 Å². The zero-order valence-electron chi connectivity index (χ0n) is 22.1. The standard InChI is InChI=1S/C30H49N3O/c1-25(2)10-15-31-16-18-33(19-17-31)29-7-6-27(32-20-22-34-23-21-32)24-28(29)26-8-13-30(14-9-26)11-4-3-5-12-30/h6-7,24-26H,3-5,8-23H2,1-2H3. The summed E-state index contributed by atoms with van der Waals surface area (Å²) in [5.41, 5.74) is 5.32. The molecule has 2 heterocycles. The fourth-order valence-corrected chi connectivity index (χ4v) is 7.17. The summed E-state index contributed by atoms with van der Waals surface area (Å²) in [4.78, 5) is 7.95. The Bertz CT molecular complexity index is 763. The highest BCUT2D eigenvalue weighted by Crippen LogP contribution is 2.52. The van der Waals surface area contributed by atoms with Crippen LogP contribution in [0.3, 0.4) is 0 Å². The van der Waals surface area contributed by atoms with Crippen LogP contribution in [0.2, 0.25) is 0 Å². The van der Waals surface area contributed by atoms with Gasteiger partial charge in [-0.3, -0.25) is 4.90 Å². The first-order chi connectivity index (χ1) is 16.6. The largest absolute Gasteiger partial charge is 0.378 e. The van der Waals surface area contributed by atoms with Crippen molar-refractivity contribution in [3.05, 3.63) is 23.8 Å². The van der Waals surface area contributed by atoms with Gasteiger partial charge in [-0.05, 0) is 92.5 Å². The Hall–Kier alpha value is -1.26. The van der Waals surface area contributed by atoms with E-state index in [1.807, 2.05) is 0 Å². The smallest absolute Gasteiger partial charge is 0.0642 e. The van der Waals surface area contributed by atoms with Gasteiger partial charge in [0, 0.05) is 50.6 Å². The summed E-state index contributed by atoms with van der Waals surface area (Å²) in [5.74, 6) is 1.54. The highest BCUT2D eigenvalue weighted by atomic mass is 16.5. The van der Waals surface area contributed by atoms with Crippen LogP contribution in [0.25, 0.3) is 0 Å². The first-order valence-corrected chi connectivity index (χ1v) is 14.6. The van der Waals surface area contributed by atoms with E-state index >= 15 is 0 Å². The van der Waals surface area contributed by atoms with Crippen molar-refractivity contribution >= 4 is 11.4 Å². The topological polar surface area (TPSA) is 19.0 Å². The van der Waals surface area contributed by atoms with E-state index in [4.69, 9.17) is 4.74 Å². The maximum atomic E-state index is 5.64. The summed E-state index contributed by atoms with van der Waals surface area (Å²) >= 11 is 0. The third kappa shape index (κ3) is 5.75. The number of piperazine rings is 1. The number of hydrogen-bond donors (Lipinski definition) is 0. The van der Waals surface area contributed by atoms with Gasteiger partial charge in [-0.1, -0.05) is 33.1 Å². The predicted molar refractivity (Wildman–Crippen MR) is 144 cm³/mol. The first-order valence-electron chi connectivity index (χ1n) is 14.6. The molecule has 0 amide bonds. The molecular formula is C30H49N3O. The minimum atomic E-state index is 0.693. The summed E-state index contributed by atoms with van der Waals surface area (Å²) < 4.78 is 5.64. The van der Waals surface area contributed by atoms with Gasteiger partial charge in [0.05, 0.1) is 13.2 Å². The van der Waals surface area contributed by atoms with Crippen molar-refractivity contribution in [2.75, 3.05) is 68.8 Å². The SMILES string of the molecule is CC(C)CCN1CCN(c2ccc(N3CCOCC3)cc2C2CCC3(CCCCC3)CC2)CC1. The Morgan fingerprint density at radius 3 is 2.24 bits per heavy atom. The first kappa shape index (κ1) is 24.4. The number of nitrogens with zero attached hydrogens (tertiary/aromatic N) is 3. The van der Waals surface area contributed by atoms with Crippen LogP contribution in [0.5, 0.6) is 0 Å². The van der Waals surface area contributed by atoms with E-state index in [1.54, 1.807) is 11.3 Å². The van der Waals surface area contributed by atoms with Crippen molar-refractivity contribution in [1.82, 2.24) is 4.90 Å². The number of hydrogen-bond acceptors (Lipinski definition) is 4. The molecular weight excluding hydrogens is 418 g/mol. The summed E-state index contributed by atoms with van der Waals surface area (Å²) in [6.45, 7) is 14.5. The molecule has 2 saturated heterocycles. The van der Waals surface area contributed by atoms with Crippen LogP contribution in [0.15, 0.2) is 18.2 Å². The van der Waals surface area contributed by atoms with Gasteiger partial charge < -0.3 is 14.5 Å². The molecule has 2 aliphatic carbocycles. The molecule has 4 nitrogen and oxygen atoms in total. The van der Waals surface area contributed by atoms with Gasteiger partial charge in [0.1, 0.15) is 0 Å². The van der Waals surface area contributed by atoms with Gasteiger partial charge >= 0.3 is 0 Å². The monoisotopic (exact) mass is 467 g/mol. The zero-order valence-corrected chi connectivity index (χ0v) is 22.1. The lowest BCUT2D eigenvalue weighted by Crippen LogP contribution is -2.47. The molecule has 4 fully saturated rings. The van der Waals surface area contributed by atoms with Crippen LogP contribution in [0.4, 0.5) is 11.4 Å². The number of anilines is 2. The number of morpholine rings is 1. The molecule has 0 bridgehead atoms. The fraction of sp³-hybridized carbons (Fsp3) is 0.800. The summed E-state index contributed by atoms with van der Waals surface area (Å²) in [6, 6.07) is 7.48. The molecule has 4 heteroatoms. The third-order valence-electron chi connectivity index (χ3n) is 9.52. The van der Waals surface area contributed by atoms with E-state index in [-0.39, 0.29) is 0 Å².